The number of hydrogen-bond donors (Lipinski definition) is 3. The number of hydrogen-bond acceptors (Lipinski definition) is 4. The number of H-pyrrole nitrogens is 1. The Labute approximate surface area is 147 Å². The molecule has 25 heavy (non-hydrogen) atoms. The first-order valence-corrected chi connectivity index (χ1v) is 8.76. The van der Waals surface area contributed by atoms with Crippen molar-refractivity contribution in [2.45, 2.75) is 50.1 Å². The third-order valence-electron chi connectivity index (χ3n) is 5.21. The second-order valence-electron chi connectivity index (χ2n) is 6.79. The Morgan fingerprint density at radius 2 is 2.00 bits per heavy atom. The Morgan fingerprint density at radius 3 is 2.68 bits per heavy atom. The lowest BCUT2D eigenvalue weighted by atomic mass is 9.80. The van der Waals surface area contributed by atoms with Gasteiger partial charge in [0.15, 0.2) is 0 Å². The molecule has 3 rings (SSSR count). The first kappa shape index (κ1) is 17.5. The first-order valence-electron chi connectivity index (χ1n) is 8.76. The van der Waals surface area contributed by atoms with Gasteiger partial charge < -0.3 is 15.5 Å². The second-order valence-corrected chi connectivity index (χ2v) is 6.79. The highest BCUT2D eigenvalue weighted by Gasteiger charge is 2.41. The SMILES string of the molecule is COC(=O)C(Cc1c[nH]c2ccccc12)NC1(C(N)=O)CCCCC1. The standard InChI is InChI=1S/C19H25N3O3/c1-25-17(23)16(22-19(18(20)24)9-5-2-6-10-19)11-13-12-21-15-8-4-3-7-14(13)15/h3-4,7-8,12,16,21-22H,2,5-6,9-11H2,1H3,(H2,20,24). The Morgan fingerprint density at radius 1 is 1.28 bits per heavy atom. The van der Waals surface area contributed by atoms with Crippen LogP contribution < -0.4 is 11.1 Å². The van der Waals surface area contributed by atoms with Crippen molar-refractivity contribution in [1.82, 2.24) is 10.3 Å². The van der Waals surface area contributed by atoms with Crippen LogP contribution in [-0.2, 0) is 20.7 Å². The third kappa shape index (κ3) is 3.54. The highest BCUT2D eigenvalue weighted by atomic mass is 16.5. The van der Waals surface area contributed by atoms with Crippen molar-refractivity contribution in [3.05, 3.63) is 36.0 Å². The molecule has 0 aliphatic heterocycles. The topological polar surface area (TPSA) is 97.2 Å². The average molecular weight is 343 g/mol. The van der Waals surface area contributed by atoms with Gasteiger partial charge in [0.1, 0.15) is 6.04 Å². The van der Waals surface area contributed by atoms with E-state index in [0.717, 1.165) is 35.7 Å². The predicted molar refractivity (Wildman–Crippen MR) is 96.0 cm³/mol. The summed E-state index contributed by atoms with van der Waals surface area (Å²) in [6, 6.07) is 7.32. The van der Waals surface area contributed by atoms with Crippen LogP contribution >= 0.6 is 0 Å². The minimum atomic E-state index is -0.830. The fraction of sp³-hybridized carbons (Fsp3) is 0.474. The van der Waals surface area contributed by atoms with E-state index in [1.165, 1.54) is 7.11 Å². The maximum absolute atomic E-state index is 12.4. The number of primary amides is 1. The Kier molecular flexibility index (Phi) is 5.08. The third-order valence-corrected chi connectivity index (χ3v) is 5.21. The molecule has 6 heteroatoms. The maximum Gasteiger partial charge on any atom is 0.323 e. The molecular formula is C19H25N3O3. The number of esters is 1. The number of aromatic nitrogens is 1. The molecule has 4 N–H and O–H groups in total. The number of nitrogens with one attached hydrogen (secondary N) is 2. The number of carbonyl (C=O) groups excluding carboxylic acids is 2. The smallest absolute Gasteiger partial charge is 0.323 e. The van der Waals surface area contributed by atoms with Crippen LogP contribution in [0, 0.1) is 0 Å². The summed E-state index contributed by atoms with van der Waals surface area (Å²) in [5.74, 6) is -0.767. The molecule has 1 aromatic carbocycles. The lowest BCUT2D eigenvalue weighted by Crippen LogP contribution is -2.61. The van der Waals surface area contributed by atoms with Crippen LogP contribution in [0.2, 0.25) is 0 Å². The number of amides is 1. The molecule has 1 amide bonds. The van der Waals surface area contributed by atoms with E-state index < -0.39 is 11.6 Å². The lowest BCUT2D eigenvalue weighted by molar-refractivity contribution is -0.144. The molecule has 1 saturated carbocycles. The quantitative estimate of drug-likeness (QED) is 0.699. The van der Waals surface area contributed by atoms with E-state index in [2.05, 4.69) is 10.3 Å². The lowest BCUT2D eigenvalue weighted by Gasteiger charge is -2.37. The molecule has 1 aliphatic carbocycles. The van der Waals surface area contributed by atoms with Gasteiger partial charge in [0.25, 0.3) is 0 Å². The molecule has 0 saturated heterocycles. The van der Waals surface area contributed by atoms with Gasteiger partial charge in [-0.25, -0.2) is 0 Å². The Bertz CT molecular complexity index is 762. The van der Waals surface area contributed by atoms with Crippen molar-refractivity contribution in [2.75, 3.05) is 7.11 Å². The predicted octanol–water partition coefficient (Wildman–Crippen LogP) is 2.03. The second kappa shape index (κ2) is 7.27. The van der Waals surface area contributed by atoms with E-state index in [1.807, 2.05) is 30.5 Å². The van der Waals surface area contributed by atoms with Crippen molar-refractivity contribution >= 4 is 22.8 Å². The maximum atomic E-state index is 12.4. The number of aromatic amines is 1. The van der Waals surface area contributed by atoms with Gasteiger partial charge in [-0.1, -0.05) is 37.5 Å². The molecule has 1 aromatic heterocycles. The summed E-state index contributed by atoms with van der Waals surface area (Å²) in [6.07, 6.45) is 6.59. The van der Waals surface area contributed by atoms with E-state index >= 15 is 0 Å². The number of benzene rings is 1. The zero-order valence-electron chi connectivity index (χ0n) is 14.5. The molecule has 2 aromatic rings. The summed E-state index contributed by atoms with van der Waals surface area (Å²) in [6.45, 7) is 0. The number of para-hydroxylation sites is 1. The van der Waals surface area contributed by atoms with Crippen LogP contribution in [0.15, 0.2) is 30.5 Å². The molecule has 1 aliphatic rings. The van der Waals surface area contributed by atoms with Gasteiger partial charge in [-0.15, -0.1) is 0 Å². The van der Waals surface area contributed by atoms with Gasteiger partial charge in [-0.3, -0.25) is 14.9 Å². The van der Waals surface area contributed by atoms with Gasteiger partial charge in [0.05, 0.1) is 12.6 Å². The fourth-order valence-corrected chi connectivity index (χ4v) is 3.81. The summed E-state index contributed by atoms with van der Waals surface area (Å²) >= 11 is 0. The first-order chi connectivity index (χ1) is 12.1. The molecular weight excluding hydrogens is 318 g/mol. The summed E-state index contributed by atoms with van der Waals surface area (Å²) in [5, 5.41) is 4.32. The van der Waals surface area contributed by atoms with Gasteiger partial charge in [0, 0.05) is 23.5 Å². The van der Waals surface area contributed by atoms with Crippen LogP contribution in [0.5, 0.6) is 0 Å². The van der Waals surface area contributed by atoms with Crippen molar-refractivity contribution in [2.24, 2.45) is 5.73 Å². The van der Waals surface area contributed by atoms with E-state index in [9.17, 15) is 9.59 Å². The number of rotatable bonds is 6. The van der Waals surface area contributed by atoms with E-state index in [4.69, 9.17) is 10.5 Å². The van der Waals surface area contributed by atoms with Gasteiger partial charge in [0.2, 0.25) is 5.91 Å². The summed E-state index contributed by atoms with van der Waals surface area (Å²) in [4.78, 5) is 27.7. The summed E-state index contributed by atoms with van der Waals surface area (Å²) < 4.78 is 4.98. The zero-order chi connectivity index (χ0) is 17.9. The van der Waals surface area contributed by atoms with Crippen LogP contribution in [0.1, 0.15) is 37.7 Å². The van der Waals surface area contributed by atoms with Gasteiger partial charge in [-0.2, -0.15) is 0 Å². The van der Waals surface area contributed by atoms with Crippen LogP contribution in [0.4, 0.5) is 0 Å². The normalized spacial score (nSPS) is 18.0. The summed E-state index contributed by atoms with van der Waals surface area (Å²) in [5.41, 5.74) is 6.89. The number of fused-ring (bicyclic) bond motifs is 1. The number of nitrogens with two attached hydrogens (primary N) is 1. The van der Waals surface area contributed by atoms with Gasteiger partial charge >= 0.3 is 5.97 Å². The number of carbonyl (C=O) groups is 2. The minimum Gasteiger partial charge on any atom is -0.468 e. The molecule has 1 unspecified atom stereocenters. The molecule has 134 valence electrons. The molecule has 6 nitrogen and oxygen atoms in total. The highest BCUT2D eigenvalue weighted by molar-refractivity contribution is 5.87. The van der Waals surface area contributed by atoms with Crippen LogP contribution in [-0.4, -0.2) is 35.6 Å². The van der Waals surface area contributed by atoms with Crippen LogP contribution in [0.3, 0.4) is 0 Å². The van der Waals surface area contributed by atoms with E-state index in [-0.39, 0.29) is 11.9 Å². The van der Waals surface area contributed by atoms with Crippen molar-refractivity contribution in [3.63, 3.8) is 0 Å². The van der Waals surface area contributed by atoms with Crippen molar-refractivity contribution < 1.29 is 14.3 Å². The number of methoxy groups -OCH3 is 1. The molecule has 0 spiro atoms. The Balaban J connectivity index is 1.87. The molecule has 1 atom stereocenters. The van der Waals surface area contributed by atoms with Crippen molar-refractivity contribution in [1.29, 1.82) is 0 Å². The molecule has 1 heterocycles. The highest BCUT2D eigenvalue weighted by Crippen LogP contribution is 2.29. The number of ether oxygens (including phenoxy) is 1. The molecule has 0 bridgehead atoms. The summed E-state index contributed by atoms with van der Waals surface area (Å²) in [7, 11) is 1.37. The van der Waals surface area contributed by atoms with Gasteiger partial charge in [-0.05, 0) is 24.5 Å². The van der Waals surface area contributed by atoms with E-state index in [1.54, 1.807) is 0 Å². The molecule has 1 fully saturated rings. The van der Waals surface area contributed by atoms with Crippen LogP contribution in [0.25, 0.3) is 10.9 Å². The fourth-order valence-electron chi connectivity index (χ4n) is 3.81. The largest absolute Gasteiger partial charge is 0.468 e. The monoisotopic (exact) mass is 343 g/mol. The Hall–Kier alpha value is -2.34. The average Bonchev–Trinajstić information content (AvgIpc) is 3.04. The minimum absolute atomic E-state index is 0.378. The molecule has 0 radical (unpaired) electrons. The van der Waals surface area contributed by atoms with Crippen molar-refractivity contribution in [3.8, 4) is 0 Å². The zero-order valence-corrected chi connectivity index (χ0v) is 14.5. The van der Waals surface area contributed by atoms with E-state index in [0.29, 0.717) is 19.3 Å².